The second-order valence-corrected chi connectivity index (χ2v) is 5.65. The summed E-state index contributed by atoms with van der Waals surface area (Å²) in [5.74, 6) is 0. The molecule has 2 heteroatoms. The second-order valence-electron chi connectivity index (χ2n) is 5.65. The van der Waals surface area contributed by atoms with E-state index in [1.807, 2.05) is 18.5 Å². The van der Waals surface area contributed by atoms with Gasteiger partial charge in [-0.1, -0.05) is 39.0 Å². The molecule has 0 unspecified atom stereocenters. The van der Waals surface area contributed by atoms with E-state index in [2.05, 4.69) is 55.0 Å². The molecule has 2 nitrogen and oxygen atoms in total. The Balaban J connectivity index is 2.48. The van der Waals surface area contributed by atoms with Crippen molar-refractivity contribution in [3.05, 3.63) is 48.3 Å². The van der Waals surface area contributed by atoms with Crippen molar-refractivity contribution in [1.82, 2.24) is 9.97 Å². The van der Waals surface area contributed by atoms with Crippen LogP contribution in [0.4, 0.5) is 0 Å². The maximum absolute atomic E-state index is 4.52. The first-order valence-electron chi connectivity index (χ1n) is 6.20. The van der Waals surface area contributed by atoms with Gasteiger partial charge in [0, 0.05) is 23.2 Å². The molecule has 0 aliphatic heterocycles. The summed E-state index contributed by atoms with van der Waals surface area (Å²) in [6, 6.07) is 10.4. The first-order valence-corrected chi connectivity index (χ1v) is 6.20. The number of rotatable bonds is 0. The summed E-state index contributed by atoms with van der Waals surface area (Å²) in [6.45, 7) is 6.68. The van der Waals surface area contributed by atoms with E-state index in [9.17, 15) is 0 Å². The molecule has 0 saturated heterocycles. The van der Waals surface area contributed by atoms with Crippen molar-refractivity contribution in [3.63, 3.8) is 0 Å². The molecule has 0 saturated carbocycles. The van der Waals surface area contributed by atoms with Gasteiger partial charge < -0.3 is 0 Å². The van der Waals surface area contributed by atoms with Gasteiger partial charge in [0.1, 0.15) is 0 Å². The fourth-order valence-electron chi connectivity index (χ4n) is 2.41. The van der Waals surface area contributed by atoms with Gasteiger partial charge in [0.15, 0.2) is 0 Å². The predicted octanol–water partition coefficient (Wildman–Crippen LogP) is 4.08. The van der Waals surface area contributed by atoms with Crippen molar-refractivity contribution in [3.8, 4) is 0 Å². The van der Waals surface area contributed by atoms with Crippen LogP contribution in [0.3, 0.4) is 0 Å². The summed E-state index contributed by atoms with van der Waals surface area (Å²) in [5.41, 5.74) is 3.42. The maximum Gasteiger partial charge on any atom is 0.0967 e. The van der Waals surface area contributed by atoms with Gasteiger partial charge in [0.25, 0.3) is 0 Å². The third-order valence-electron chi connectivity index (χ3n) is 3.29. The molecule has 0 amide bonds. The van der Waals surface area contributed by atoms with Gasteiger partial charge in [0.2, 0.25) is 0 Å². The van der Waals surface area contributed by atoms with E-state index in [1.54, 1.807) is 0 Å². The molecule has 90 valence electrons. The van der Waals surface area contributed by atoms with Crippen molar-refractivity contribution in [2.45, 2.75) is 26.2 Å². The highest BCUT2D eigenvalue weighted by Crippen LogP contribution is 2.31. The molecule has 18 heavy (non-hydrogen) atoms. The van der Waals surface area contributed by atoms with E-state index >= 15 is 0 Å². The SMILES string of the molecule is CC(C)(C)c1ccnc2c1ccc1cccnc12. The maximum atomic E-state index is 4.52. The minimum atomic E-state index is 0.115. The van der Waals surface area contributed by atoms with Crippen LogP contribution >= 0.6 is 0 Å². The molecule has 0 atom stereocenters. The first-order chi connectivity index (χ1) is 8.57. The van der Waals surface area contributed by atoms with Gasteiger partial charge >= 0.3 is 0 Å². The van der Waals surface area contributed by atoms with Gasteiger partial charge in [-0.05, 0) is 23.1 Å². The number of hydrogen-bond acceptors (Lipinski definition) is 2. The van der Waals surface area contributed by atoms with Gasteiger partial charge in [-0.25, -0.2) is 0 Å². The van der Waals surface area contributed by atoms with E-state index in [1.165, 1.54) is 10.9 Å². The Morgan fingerprint density at radius 1 is 0.833 bits per heavy atom. The standard InChI is InChI=1S/C16H16N2/c1-16(2,3)13-8-10-18-15-12(13)7-6-11-5-4-9-17-14(11)15/h4-10H,1-3H3. The first kappa shape index (κ1) is 11.1. The number of nitrogens with zero attached hydrogens (tertiary/aromatic N) is 2. The van der Waals surface area contributed by atoms with Crippen LogP contribution in [0.15, 0.2) is 42.7 Å². The second kappa shape index (κ2) is 3.77. The minimum absolute atomic E-state index is 0.115. The Kier molecular flexibility index (Phi) is 2.34. The number of hydrogen-bond donors (Lipinski definition) is 0. The highest BCUT2D eigenvalue weighted by atomic mass is 14.7. The van der Waals surface area contributed by atoms with E-state index in [0.29, 0.717) is 0 Å². The van der Waals surface area contributed by atoms with Crippen molar-refractivity contribution in [2.75, 3.05) is 0 Å². The zero-order valence-electron chi connectivity index (χ0n) is 10.9. The summed E-state index contributed by atoms with van der Waals surface area (Å²) in [7, 11) is 0. The zero-order chi connectivity index (χ0) is 12.8. The summed E-state index contributed by atoms with van der Waals surface area (Å²) >= 11 is 0. The molecule has 2 aromatic heterocycles. The van der Waals surface area contributed by atoms with Crippen LogP contribution < -0.4 is 0 Å². The third kappa shape index (κ3) is 1.65. The van der Waals surface area contributed by atoms with Gasteiger partial charge in [-0.15, -0.1) is 0 Å². The van der Waals surface area contributed by atoms with Gasteiger partial charge in [-0.3, -0.25) is 9.97 Å². The number of pyridine rings is 2. The van der Waals surface area contributed by atoms with Crippen molar-refractivity contribution < 1.29 is 0 Å². The zero-order valence-corrected chi connectivity index (χ0v) is 10.9. The Morgan fingerprint density at radius 2 is 1.61 bits per heavy atom. The molecule has 0 aliphatic carbocycles. The fraction of sp³-hybridized carbons (Fsp3) is 0.250. The Morgan fingerprint density at radius 3 is 2.39 bits per heavy atom. The van der Waals surface area contributed by atoms with Crippen LogP contribution in [0.5, 0.6) is 0 Å². The lowest BCUT2D eigenvalue weighted by Gasteiger charge is -2.21. The minimum Gasteiger partial charge on any atom is -0.254 e. The van der Waals surface area contributed by atoms with Crippen molar-refractivity contribution in [2.24, 2.45) is 0 Å². The van der Waals surface area contributed by atoms with Gasteiger partial charge in [0.05, 0.1) is 11.0 Å². The van der Waals surface area contributed by atoms with Crippen LogP contribution in [0.25, 0.3) is 21.8 Å². The van der Waals surface area contributed by atoms with Crippen LogP contribution in [0, 0.1) is 0 Å². The lowest BCUT2D eigenvalue weighted by atomic mass is 9.85. The van der Waals surface area contributed by atoms with E-state index < -0.39 is 0 Å². The molecule has 0 fully saturated rings. The quantitative estimate of drug-likeness (QED) is 0.550. The molecular formula is C16H16N2. The Labute approximate surface area is 107 Å². The van der Waals surface area contributed by atoms with Crippen LogP contribution in [-0.4, -0.2) is 9.97 Å². The molecule has 0 N–H and O–H groups in total. The molecule has 3 rings (SSSR count). The molecule has 0 spiro atoms. The fourth-order valence-corrected chi connectivity index (χ4v) is 2.41. The Hall–Kier alpha value is -1.96. The highest BCUT2D eigenvalue weighted by Gasteiger charge is 2.17. The predicted molar refractivity (Wildman–Crippen MR) is 75.7 cm³/mol. The smallest absolute Gasteiger partial charge is 0.0967 e. The number of fused-ring (bicyclic) bond motifs is 3. The molecule has 0 bridgehead atoms. The third-order valence-corrected chi connectivity index (χ3v) is 3.29. The molecular weight excluding hydrogens is 220 g/mol. The largest absolute Gasteiger partial charge is 0.254 e. The van der Waals surface area contributed by atoms with Crippen LogP contribution in [-0.2, 0) is 5.41 Å². The molecule has 0 radical (unpaired) electrons. The van der Waals surface area contributed by atoms with E-state index in [4.69, 9.17) is 0 Å². The van der Waals surface area contributed by atoms with Gasteiger partial charge in [-0.2, -0.15) is 0 Å². The average Bonchev–Trinajstić information content (AvgIpc) is 2.36. The molecule has 0 aliphatic rings. The van der Waals surface area contributed by atoms with Crippen LogP contribution in [0.2, 0.25) is 0 Å². The van der Waals surface area contributed by atoms with Crippen LogP contribution in [0.1, 0.15) is 26.3 Å². The summed E-state index contributed by atoms with van der Waals surface area (Å²) in [5, 5.41) is 2.35. The average molecular weight is 236 g/mol. The van der Waals surface area contributed by atoms with Crippen molar-refractivity contribution >= 4 is 21.8 Å². The van der Waals surface area contributed by atoms with Crippen molar-refractivity contribution in [1.29, 1.82) is 0 Å². The summed E-state index contributed by atoms with van der Waals surface area (Å²) in [6.07, 6.45) is 3.71. The Bertz CT molecular complexity index is 724. The lowest BCUT2D eigenvalue weighted by molar-refractivity contribution is 0.595. The highest BCUT2D eigenvalue weighted by molar-refractivity contribution is 6.03. The lowest BCUT2D eigenvalue weighted by Crippen LogP contribution is -2.11. The van der Waals surface area contributed by atoms with E-state index in [0.717, 1.165) is 16.4 Å². The molecule has 1 aromatic carbocycles. The number of aromatic nitrogens is 2. The summed E-state index contributed by atoms with van der Waals surface area (Å²) < 4.78 is 0. The molecule has 2 heterocycles. The van der Waals surface area contributed by atoms with E-state index in [-0.39, 0.29) is 5.41 Å². The molecule has 3 aromatic rings. The monoisotopic (exact) mass is 236 g/mol. The topological polar surface area (TPSA) is 25.8 Å². The summed E-state index contributed by atoms with van der Waals surface area (Å²) in [4.78, 5) is 8.99. The number of benzene rings is 1. The normalized spacial score (nSPS) is 12.2.